The highest BCUT2D eigenvalue weighted by Crippen LogP contribution is 2.33. The topological polar surface area (TPSA) is 55.7 Å². The van der Waals surface area contributed by atoms with Crippen molar-refractivity contribution in [2.45, 2.75) is 22.0 Å². The summed E-state index contributed by atoms with van der Waals surface area (Å²) in [5.74, 6) is 0.190. The molecule has 8 heteroatoms. The van der Waals surface area contributed by atoms with Gasteiger partial charge in [0.1, 0.15) is 12.6 Å². The van der Waals surface area contributed by atoms with E-state index in [0.717, 1.165) is 29.8 Å². The van der Waals surface area contributed by atoms with Crippen LogP contribution in [0.15, 0.2) is 93.6 Å². The lowest BCUT2D eigenvalue weighted by Gasteiger charge is -2.11. The van der Waals surface area contributed by atoms with Gasteiger partial charge >= 0.3 is 6.18 Å². The molecule has 0 saturated heterocycles. The van der Waals surface area contributed by atoms with Crippen LogP contribution in [0.4, 0.5) is 13.2 Å². The fourth-order valence-electron chi connectivity index (χ4n) is 3.19. The van der Waals surface area contributed by atoms with E-state index in [0.29, 0.717) is 0 Å². The maximum atomic E-state index is 13.1. The molecule has 3 aromatic rings. The third-order valence-corrected chi connectivity index (χ3v) is 6.56. The molecule has 0 spiro atoms. The minimum absolute atomic E-state index is 0.0720. The molecule has 1 heterocycles. The second-order valence-corrected chi connectivity index (χ2v) is 8.61. The van der Waals surface area contributed by atoms with Crippen molar-refractivity contribution in [1.82, 2.24) is 0 Å². The van der Waals surface area contributed by atoms with Crippen molar-refractivity contribution in [2.75, 3.05) is 6.61 Å². The Bertz CT molecular complexity index is 1190. The smallest absolute Gasteiger partial charge is 0.416 e. The van der Waals surface area contributed by atoms with Crippen molar-refractivity contribution in [3.8, 4) is 0 Å². The average molecular weight is 431 g/mol. The zero-order chi connectivity index (χ0) is 21.4. The molecule has 1 atom stereocenters. The summed E-state index contributed by atoms with van der Waals surface area (Å²) in [7, 11) is -4.08. The van der Waals surface area contributed by atoms with Gasteiger partial charge in [0.25, 0.3) is 0 Å². The van der Waals surface area contributed by atoms with Crippen LogP contribution in [0.3, 0.4) is 0 Å². The van der Waals surface area contributed by atoms with E-state index in [2.05, 4.69) is 4.99 Å². The Hall–Kier alpha value is -3.13. The first-order valence-electron chi connectivity index (χ1n) is 9.04. The van der Waals surface area contributed by atoms with Crippen LogP contribution in [0.25, 0.3) is 0 Å². The standard InChI is InChI=1S/C22H16F3NO3S/c23-22(24,25)16-10-12-17(13-11-16)30(27,28)20-9-5-4-8-18(20)21-26-19(14-29-21)15-6-2-1-3-7-15/h1-13,19H,14H2/t19-/m1/s1. The van der Waals surface area contributed by atoms with Crippen molar-refractivity contribution in [3.05, 3.63) is 95.6 Å². The number of hydrogen-bond acceptors (Lipinski definition) is 4. The lowest BCUT2D eigenvalue weighted by atomic mass is 10.1. The maximum absolute atomic E-state index is 13.1. The Labute approximate surface area is 171 Å². The van der Waals surface area contributed by atoms with E-state index >= 15 is 0 Å². The van der Waals surface area contributed by atoms with E-state index in [4.69, 9.17) is 4.74 Å². The molecule has 3 aromatic carbocycles. The molecule has 0 N–H and O–H groups in total. The van der Waals surface area contributed by atoms with Gasteiger partial charge in [-0.2, -0.15) is 13.2 Å². The number of hydrogen-bond donors (Lipinski definition) is 0. The predicted molar refractivity (Wildman–Crippen MR) is 105 cm³/mol. The van der Waals surface area contributed by atoms with Crippen molar-refractivity contribution < 1.29 is 26.3 Å². The summed E-state index contributed by atoms with van der Waals surface area (Å²) in [6.07, 6.45) is -4.54. The Morgan fingerprint density at radius 1 is 0.867 bits per heavy atom. The molecular formula is C22H16F3NO3S. The van der Waals surface area contributed by atoms with Gasteiger partial charge in [0.2, 0.25) is 15.7 Å². The van der Waals surface area contributed by atoms with Gasteiger partial charge in [0.15, 0.2) is 0 Å². The first kappa shape index (κ1) is 20.2. The Balaban J connectivity index is 1.71. The van der Waals surface area contributed by atoms with Crippen LogP contribution >= 0.6 is 0 Å². The number of halogens is 3. The molecule has 0 amide bonds. The summed E-state index contributed by atoms with van der Waals surface area (Å²) >= 11 is 0. The van der Waals surface area contributed by atoms with Crippen LogP contribution in [0, 0.1) is 0 Å². The molecule has 0 radical (unpaired) electrons. The number of sulfone groups is 1. The molecular weight excluding hydrogens is 415 g/mol. The first-order valence-corrected chi connectivity index (χ1v) is 10.5. The highest BCUT2D eigenvalue weighted by Gasteiger charge is 2.32. The summed E-state index contributed by atoms with van der Waals surface area (Å²) in [6, 6.07) is 18.8. The molecule has 1 aliphatic rings. The van der Waals surface area contributed by atoms with E-state index in [1.54, 1.807) is 18.2 Å². The Kier molecular flexibility index (Phi) is 5.11. The Morgan fingerprint density at radius 2 is 1.50 bits per heavy atom. The van der Waals surface area contributed by atoms with Crippen molar-refractivity contribution in [2.24, 2.45) is 4.99 Å². The quantitative estimate of drug-likeness (QED) is 0.581. The number of aliphatic imine (C=N–C) groups is 1. The molecule has 1 aliphatic heterocycles. The van der Waals surface area contributed by atoms with Gasteiger partial charge in [-0.3, -0.25) is 0 Å². The predicted octanol–water partition coefficient (Wildman–Crippen LogP) is 5.06. The summed E-state index contributed by atoms with van der Waals surface area (Å²) < 4.78 is 70.3. The average Bonchev–Trinajstić information content (AvgIpc) is 3.24. The van der Waals surface area contributed by atoms with Gasteiger partial charge in [-0.05, 0) is 42.0 Å². The monoisotopic (exact) mass is 431 g/mol. The van der Waals surface area contributed by atoms with E-state index < -0.39 is 21.6 Å². The SMILES string of the molecule is O=S(=O)(c1ccc(C(F)(F)F)cc1)c1ccccc1C1=N[C@@H](c2ccccc2)CO1. The summed E-state index contributed by atoms with van der Waals surface area (Å²) in [4.78, 5) is 4.22. The minimum atomic E-state index is -4.54. The fourth-order valence-corrected chi connectivity index (χ4v) is 4.65. The first-order chi connectivity index (χ1) is 14.3. The maximum Gasteiger partial charge on any atom is 0.416 e. The summed E-state index contributed by atoms with van der Waals surface area (Å²) in [6.45, 7) is 0.272. The van der Waals surface area contributed by atoms with Crippen molar-refractivity contribution in [3.63, 3.8) is 0 Å². The van der Waals surface area contributed by atoms with Crippen LogP contribution in [0.2, 0.25) is 0 Å². The number of alkyl halides is 3. The van der Waals surface area contributed by atoms with E-state index in [-0.39, 0.29) is 33.9 Å². The highest BCUT2D eigenvalue weighted by molar-refractivity contribution is 7.91. The van der Waals surface area contributed by atoms with Crippen molar-refractivity contribution >= 4 is 15.7 Å². The van der Waals surface area contributed by atoms with Crippen LogP contribution in [0.5, 0.6) is 0 Å². The fraction of sp³-hybridized carbons (Fsp3) is 0.136. The van der Waals surface area contributed by atoms with Gasteiger partial charge in [-0.25, -0.2) is 13.4 Å². The van der Waals surface area contributed by atoms with E-state index in [1.807, 2.05) is 30.3 Å². The largest absolute Gasteiger partial charge is 0.475 e. The second-order valence-electron chi connectivity index (χ2n) is 6.69. The number of nitrogens with zero attached hydrogens (tertiary/aromatic N) is 1. The van der Waals surface area contributed by atoms with Gasteiger partial charge in [0.05, 0.1) is 20.9 Å². The molecule has 0 aromatic heterocycles. The molecule has 30 heavy (non-hydrogen) atoms. The molecule has 0 bridgehead atoms. The van der Waals surface area contributed by atoms with E-state index in [1.165, 1.54) is 6.07 Å². The van der Waals surface area contributed by atoms with Crippen LogP contribution in [-0.4, -0.2) is 20.9 Å². The second kappa shape index (κ2) is 7.60. The van der Waals surface area contributed by atoms with Gasteiger partial charge in [0, 0.05) is 0 Å². The molecule has 4 nitrogen and oxygen atoms in total. The minimum Gasteiger partial charge on any atom is -0.475 e. The van der Waals surface area contributed by atoms with Gasteiger partial charge < -0.3 is 4.74 Å². The number of ether oxygens (including phenoxy) is 1. The zero-order valence-corrected chi connectivity index (χ0v) is 16.3. The third-order valence-electron chi connectivity index (χ3n) is 4.73. The van der Waals surface area contributed by atoms with Gasteiger partial charge in [-0.1, -0.05) is 42.5 Å². The lowest BCUT2D eigenvalue weighted by Crippen LogP contribution is -2.11. The molecule has 0 saturated carbocycles. The molecule has 0 fully saturated rings. The number of rotatable bonds is 4. The highest BCUT2D eigenvalue weighted by atomic mass is 32.2. The van der Waals surface area contributed by atoms with E-state index in [9.17, 15) is 21.6 Å². The normalized spacial score (nSPS) is 16.8. The molecule has 154 valence electrons. The molecule has 4 rings (SSSR count). The molecule has 0 aliphatic carbocycles. The van der Waals surface area contributed by atoms with Crippen LogP contribution < -0.4 is 0 Å². The Morgan fingerprint density at radius 3 is 2.17 bits per heavy atom. The van der Waals surface area contributed by atoms with Crippen molar-refractivity contribution in [1.29, 1.82) is 0 Å². The van der Waals surface area contributed by atoms with Crippen LogP contribution in [-0.2, 0) is 20.8 Å². The zero-order valence-electron chi connectivity index (χ0n) is 15.5. The summed E-state index contributed by atoms with van der Waals surface area (Å²) in [5.41, 5.74) is 0.301. The molecule has 0 unspecified atom stereocenters. The van der Waals surface area contributed by atoms with Gasteiger partial charge in [-0.15, -0.1) is 0 Å². The lowest BCUT2D eigenvalue weighted by molar-refractivity contribution is -0.137. The third kappa shape index (κ3) is 3.82. The van der Waals surface area contributed by atoms with Crippen LogP contribution in [0.1, 0.15) is 22.7 Å². The number of benzene rings is 3. The summed E-state index contributed by atoms with van der Waals surface area (Å²) in [5, 5.41) is 0.